The topological polar surface area (TPSA) is 77.2 Å². The number of thiophene rings is 1. The standard InChI is InChI=1S/C16H15N3O3S2/c1-21-12-2-4-13(5-3-12)24-9-7-14(20)17-16-19-18-15(22-16)11-6-8-23-10-11/h2-6,8,10H,7,9H2,1H3,(H,17,19,20). The van der Waals surface area contributed by atoms with Crippen molar-refractivity contribution in [2.24, 2.45) is 0 Å². The van der Waals surface area contributed by atoms with Gasteiger partial charge in [0.05, 0.1) is 7.11 Å². The van der Waals surface area contributed by atoms with E-state index in [1.165, 1.54) is 0 Å². The lowest BCUT2D eigenvalue weighted by Gasteiger charge is -2.03. The second kappa shape index (κ2) is 7.98. The average Bonchev–Trinajstić information content (AvgIpc) is 3.27. The van der Waals surface area contributed by atoms with E-state index in [1.807, 2.05) is 41.1 Å². The van der Waals surface area contributed by atoms with E-state index in [1.54, 1.807) is 30.2 Å². The van der Waals surface area contributed by atoms with E-state index in [4.69, 9.17) is 9.15 Å². The Labute approximate surface area is 147 Å². The van der Waals surface area contributed by atoms with Gasteiger partial charge < -0.3 is 9.15 Å². The molecule has 124 valence electrons. The maximum atomic E-state index is 11.9. The first-order chi connectivity index (χ1) is 11.7. The summed E-state index contributed by atoms with van der Waals surface area (Å²) in [5.74, 6) is 1.72. The quantitative estimate of drug-likeness (QED) is 0.643. The van der Waals surface area contributed by atoms with Crippen molar-refractivity contribution >= 4 is 35.0 Å². The van der Waals surface area contributed by atoms with E-state index in [9.17, 15) is 4.79 Å². The van der Waals surface area contributed by atoms with Crippen molar-refractivity contribution in [2.75, 3.05) is 18.2 Å². The van der Waals surface area contributed by atoms with Crippen molar-refractivity contribution in [1.29, 1.82) is 0 Å². The number of nitrogens with zero attached hydrogens (tertiary/aromatic N) is 2. The lowest BCUT2D eigenvalue weighted by molar-refractivity contribution is -0.115. The molecule has 6 nitrogen and oxygen atoms in total. The van der Waals surface area contributed by atoms with Crippen LogP contribution in [0.1, 0.15) is 6.42 Å². The molecule has 0 aliphatic heterocycles. The van der Waals surface area contributed by atoms with Gasteiger partial charge in [0, 0.05) is 28.0 Å². The minimum absolute atomic E-state index is 0.121. The number of rotatable bonds is 7. The highest BCUT2D eigenvalue weighted by molar-refractivity contribution is 7.99. The summed E-state index contributed by atoms with van der Waals surface area (Å²) in [4.78, 5) is 13.0. The van der Waals surface area contributed by atoms with Gasteiger partial charge in [-0.2, -0.15) is 11.3 Å². The molecule has 1 amide bonds. The van der Waals surface area contributed by atoms with Crippen molar-refractivity contribution in [3.8, 4) is 17.2 Å². The molecule has 1 aromatic carbocycles. The molecule has 0 saturated carbocycles. The van der Waals surface area contributed by atoms with E-state index >= 15 is 0 Å². The summed E-state index contributed by atoms with van der Waals surface area (Å²) in [6, 6.07) is 9.73. The summed E-state index contributed by atoms with van der Waals surface area (Å²) in [5.41, 5.74) is 0.850. The fraction of sp³-hybridized carbons (Fsp3) is 0.188. The molecule has 0 atom stereocenters. The Bertz CT molecular complexity index is 785. The first-order valence-corrected chi connectivity index (χ1v) is 9.10. The number of carbonyl (C=O) groups excluding carboxylic acids is 1. The first-order valence-electron chi connectivity index (χ1n) is 7.17. The molecule has 8 heteroatoms. The van der Waals surface area contributed by atoms with Crippen LogP contribution in [0.2, 0.25) is 0 Å². The summed E-state index contributed by atoms with van der Waals surface area (Å²) < 4.78 is 10.5. The van der Waals surface area contributed by atoms with Crippen molar-refractivity contribution in [2.45, 2.75) is 11.3 Å². The van der Waals surface area contributed by atoms with Crippen LogP contribution < -0.4 is 10.1 Å². The Morgan fingerprint density at radius 2 is 2.12 bits per heavy atom. The number of hydrogen-bond donors (Lipinski definition) is 1. The highest BCUT2D eigenvalue weighted by Gasteiger charge is 2.11. The van der Waals surface area contributed by atoms with Gasteiger partial charge in [0.2, 0.25) is 5.91 Å². The Balaban J connectivity index is 1.45. The van der Waals surface area contributed by atoms with Crippen molar-refractivity contribution in [3.05, 3.63) is 41.1 Å². The van der Waals surface area contributed by atoms with Gasteiger partial charge in [0.15, 0.2) is 0 Å². The maximum absolute atomic E-state index is 11.9. The van der Waals surface area contributed by atoms with Gasteiger partial charge in [-0.1, -0.05) is 5.10 Å². The summed E-state index contributed by atoms with van der Waals surface area (Å²) in [6.45, 7) is 0. The molecule has 0 fully saturated rings. The molecular weight excluding hydrogens is 346 g/mol. The summed E-state index contributed by atoms with van der Waals surface area (Å²) >= 11 is 3.14. The third kappa shape index (κ3) is 4.36. The minimum atomic E-state index is -0.156. The van der Waals surface area contributed by atoms with Crippen molar-refractivity contribution < 1.29 is 13.9 Å². The van der Waals surface area contributed by atoms with Crippen LogP contribution in [0.4, 0.5) is 6.01 Å². The Morgan fingerprint density at radius 1 is 1.29 bits per heavy atom. The second-order valence-corrected chi connectivity index (χ2v) is 6.69. The lowest BCUT2D eigenvalue weighted by Crippen LogP contribution is -2.12. The van der Waals surface area contributed by atoms with Crippen LogP contribution >= 0.6 is 23.1 Å². The van der Waals surface area contributed by atoms with Crippen LogP contribution in [0, 0.1) is 0 Å². The molecule has 0 unspecified atom stereocenters. The number of benzene rings is 1. The Hall–Kier alpha value is -2.32. The van der Waals surface area contributed by atoms with E-state index in [0.29, 0.717) is 18.1 Å². The zero-order valence-electron chi connectivity index (χ0n) is 12.9. The smallest absolute Gasteiger partial charge is 0.322 e. The molecule has 24 heavy (non-hydrogen) atoms. The van der Waals surface area contributed by atoms with Crippen LogP contribution in [0.25, 0.3) is 11.5 Å². The zero-order valence-corrected chi connectivity index (χ0v) is 14.5. The fourth-order valence-electron chi connectivity index (χ4n) is 1.89. The van der Waals surface area contributed by atoms with E-state index in [0.717, 1.165) is 16.2 Å². The number of carbonyl (C=O) groups is 1. The van der Waals surface area contributed by atoms with Crippen LogP contribution in [0.3, 0.4) is 0 Å². The molecule has 0 aliphatic rings. The van der Waals surface area contributed by atoms with Gasteiger partial charge in [0.1, 0.15) is 5.75 Å². The maximum Gasteiger partial charge on any atom is 0.322 e. The largest absolute Gasteiger partial charge is 0.497 e. The number of nitrogens with one attached hydrogen (secondary N) is 1. The van der Waals surface area contributed by atoms with Gasteiger partial charge in [-0.15, -0.1) is 16.9 Å². The summed E-state index contributed by atoms with van der Waals surface area (Å²) in [6.07, 6.45) is 0.354. The molecule has 3 aromatic rings. The highest BCUT2D eigenvalue weighted by atomic mass is 32.2. The molecule has 2 heterocycles. The number of aromatic nitrogens is 2. The predicted molar refractivity (Wildman–Crippen MR) is 94.6 cm³/mol. The number of thioether (sulfide) groups is 1. The van der Waals surface area contributed by atoms with E-state index in [-0.39, 0.29) is 11.9 Å². The first kappa shape index (κ1) is 16.5. The van der Waals surface area contributed by atoms with E-state index in [2.05, 4.69) is 15.5 Å². The number of hydrogen-bond acceptors (Lipinski definition) is 7. The van der Waals surface area contributed by atoms with Gasteiger partial charge in [-0.25, -0.2) is 0 Å². The average molecular weight is 361 g/mol. The molecule has 3 rings (SSSR count). The normalized spacial score (nSPS) is 10.5. The SMILES string of the molecule is COc1ccc(SCCC(=O)Nc2nnc(-c3ccsc3)o2)cc1. The predicted octanol–water partition coefficient (Wildman–Crippen LogP) is 3.93. The van der Waals surface area contributed by atoms with Crippen LogP contribution in [-0.2, 0) is 4.79 Å². The van der Waals surface area contributed by atoms with E-state index < -0.39 is 0 Å². The molecule has 0 saturated heterocycles. The van der Waals surface area contributed by atoms with Crippen molar-refractivity contribution in [1.82, 2.24) is 10.2 Å². The fourth-order valence-corrected chi connectivity index (χ4v) is 3.37. The van der Waals surface area contributed by atoms with Crippen LogP contribution in [0.5, 0.6) is 5.75 Å². The van der Waals surface area contributed by atoms with Crippen molar-refractivity contribution in [3.63, 3.8) is 0 Å². The monoisotopic (exact) mass is 361 g/mol. The summed E-state index contributed by atoms with van der Waals surface area (Å²) in [7, 11) is 1.63. The van der Waals surface area contributed by atoms with Gasteiger partial charge >= 0.3 is 6.01 Å². The zero-order chi connectivity index (χ0) is 16.8. The lowest BCUT2D eigenvalue weighted by atomic mass is 10.3. The molecular formula is C16H15N3O3S2. The number of anilines is 1. The second-order valence-electron chi connectivity index (χ2n) is 4.75. The minimum Gasteiger partial charge on any atom is -0.497 e. The molecule has 2 aromatic heterocycles. The summed E-state index contributed by atoms with van der Waals surface area (Å²) in [5, 5.41) is 14.2. The van der Waals surface area contributed by atoms with Crippen LogP contribution in [0.15, 0.2) is 50.4 Å². The number of methoxy groups -OCH3 is 1. The van der Waals surface area contributed by atoms with Gasteiger partial charge in [0.25, 0.3) is 5.89 Å². The molecule has 0 radical (unpaired) electrons. The molecule has 0 aliphatic carbocycles. The van der Waals surface area contributed by atoms with Crippen LogP contribution in [-0.4, -0.2) is 29.0 Å². The van der Waals surface area contributed by atoms with Gasteiger partial charge in [-0.3, -0.25) is 10.1 Å². The third-order valence-corrected chi connectivity index (χ3v) is 4.79. The number of ether oxygens (including phenoxy) is 1. The van der Waals surface area contributed by atoms with Gasteiger partial charge in [-0.05, 0) is 35.7 Å². The number of amides is 1. The Morgan fingerprint density at radius 3 is 2.83 bits per heavy atom. The molecule has 0 bridgehead atoms. The Kier molecular flexibility index (Phi) is 5.50. The highest BCUT2D eigenvalue weighted by Crippen LogP contribution is 2.23. The third-order valence-electron chi connectivity index (χ3n) is 3.10. The molecule has 0 spiro atoms. The molecule has 1 N–H and O–H groups in total.